The maximum atomic E-state index is 3.47. The zero-order valence-electron chi connectivity index (χ0n) is 5.90. The second-order valence-electron chi connectivity index (χ2n) is 2.25. The fourth-order valence-electron chi connectivity index (χ4n) is 0.839. The molecule has 3 heteroatoms. The van der Waals surface area contributed by atoms with Crippen LogP contribution in [0.4, 0.5) is 0 Å². The van der Waals surface area contributed by atoms with Gasteiger partial charge >= 0.3 is 0 Å². The van der Waals surface area contributed by atoms with E-state index in [0.29, 0.717) is 0 Å². The quantitative estimate of drug-likeness (QED) is 0.543. The molecular formula is C8H7I2Si. The Balaban J connectivity index is 2.86. The molecule has 1 aromatic carbocycles. The van der Waals surface area contributed by atoms with Gasteiger partial charge in [-0.2, -0.15) is 0 Å². The Morgan fingerprint density at radius 2 is 1.91 bits per heavy atom. The highest BCUT2D eigenvalue weighted by molar-refractivity contribution is 14.1. The Morgan fingerprint density at radius 1 is 1.18 bits per heavy atom. The first-order valence-electron chi connectivity index (χ1n) is 3.32. The van der Waals surface area contributed by atoms with Crippen LogP contribution in [-0.4, -0.2) is 10.2 Å². The summed E-state index contributed by atoms with van der Waals surface area (Å²) < 4.78 is 2.68. The van der Waals surface area contributed by atoms with E-state index in [2.05, 4.69) is 73.6 Å². The molecule has 0 aromatic heterocycles. The van der Waals surface area contributed by atoms with Crippen LogP contribution in [0.5, 0.6) is 0 Å². The van der Waals surface area contributed by atoms with Crippen LogP contribution < -0.4 is 0 Å². The van der Waals surface area contributed by atoms with E-state index < -0.39 is 0 Å². The van der Waals surface area contributed by atoms with Crippen LogP contribution in [0, 0.1) is 7.14 Å². The first-order valence-corrected chi connectivity index (χ1v) is 6.19. The van der Waals surface area contributed by atoms with Crippen LogP contribution in [0.2, 0.25) is 6.04 Å². The molecule has 1 aromatic rings. The van der Waals surface area contributed by atoms with Crippen molar-refractivity contribution >= 4 is 55.4 Å². The molecule has 0 bridgehead atoms. The first-order chi connectivity index (χ1) is 5.24. The van der Waals surface area contributed by atoms with Crippen molar-refractivity contribution in [2.75, 3.05) is 0 Å². The lowest BCUT2D eigenvalue weighted by Gasteiger charge is -2.00. The van der Waals surface area contributed by atoms with Gasteiger partial charge in [0.1, 0.15) is 0 Å². The number of aryl methyl sites for hydroxylation is 1. The summed E-state index contributed by atoms with van der Waals surface area (Å²) in [5.74, 6) is 0. The molecular weight excluding hydrogens is 378 g/mol. The summed E-state index contributed by atoms with van der Waals surface area (Å²) >= 11 is 4.72. The molecule has 0 amide bonds. The summed E-state index contributed by atoms with van der Waals surface area (Å²) in [6.45, 7) is 0. The van der Waals surface area contributed by atoms with Gasteiger partial charge in [-0.3, -0.25) is 0 Å². The minimum absolute atomic E-state index is 1.04. The molecule has 0 aliphatic heterocycles. The highest BCUT2D eigenvalue weighted by Gasteiger charge is 1.96. The van der Waals surface area contributed by atoms with Crippen molar-refractivity contribution in [1.29, 1.82) is 0 Å². The van der Waals surface area contributed by atoms with Gasteiger partial charge in [-0.15, -0.1) is 0 Å². The molecule has 11 heavy (non-hydrogen) atoms. The van der Waals surface area contributed by atoms with Gasteiger partial charge in [0, 0.05) is 17.4 Å². The van der Waals surface area contributed by atoms with E-state index in [1.165, 1.54) is 12.7 Å². The third kappa shape index (κ3) is 3.02. The Kier molecular flexibility index (Phi) is 4.36. The van der Waals surface area contributed by atoms with E-state index in [0.717, 1.165) is 12.5 Å². The fourth-order valence-corrected chi connectivity index (χ4v) is 2.04. The normalized spacial score (nSPS) is 10.1. The zero-order valence-corrected chi connectivity index (χ0v) is 11.2. The summed E-state index contributed by atoms with van der Waals surface area (Å²) in [6, 6.07) is 7.63. The van der Waals surface area contributed by atoms with Crippen molar-refractivity contribution in [3.63, 3.8) is 0 Å². The van der Waals surface area contributed by atoms with E-state index >= 15 is 0 Å². The number of rotatable bonds is 2. The molecule has 1 rings (SSSR count). The largest absolute Gasteiger partial charge is 0.0597 e. The van der Waals surface area contributed by atoms with Crippen LogP contribution in [-0.2, 0) is 6.42 Å². The molecule has 0 unspecified atom stereocenters. The summed E-state index contributed by atoms with van der Waals surface area (Å²) in [7, 11) is 3.47. The molecule has 0 fully saturated rings. The molecule has 0 aliphatic carbocycles. The Labute approximate surface area is 97.9 Å². The number of benzene rings is 1. The van der Waals surface area contributed by atoms with Crippen LogP contribution in [0.25, 0.3) is 0 Å². The predicted octanol–water partition coefficient (Wildman–Crippen LogP) is 3.03. The second kappa shape index (κ2) is 4.81. The fraction of sp³-hybridized carbons (Fsp3) is 0.250. The summed E-state index contributed by atoms with van der Waals surface area (Å²) in [5.41, 5.74) is 1.41. The monoisotopic (exact) mass is 385 g/mol. The summed E-state index contributed by atoms with van der Waals surface area (Å²) in [4.78, 5) is 0. The second-order valence-corrected chi connectivity index (χ2v) is 5.07. The van der Waals surface area contributed by atoms with Crippen LogP contribution in [0.3, 0.4) is 0 Å². The molecule has 0 N–H and O–H groups in total. The maximum Gasteiger partial charge on any atom is 0.0266 e. The lowest BCUT2D eigenvalue weighted by atomic mass is 10.2. The lowest BCUT2D eigenvalue weighted by molar-refractivity contribution is 1.13. The molecule has 57 valence electrons. The van der Waals surface area contributed by atoms with Crippen LogP contribution in [0.1, 0.15) is 5.56 Å². The van der Waals surface area contributed by atoms with Gasteiger partial charge in [0.25, 0.3) is 0 Å². The van der Waals surface area contributed by atoms with Crippen molar-refractivity contribution in [2.24, 2.45) is 0 Å². The van der Waals surface area contributed by atoms with Gasteiger partial charge in [-0.25, -0.2) is 0 Å². The van der Waals surface area contributed by atoms with Crippen LogP contribution >= 0.6 is 45.2 Å². The topological polar surface area (TPSA) is 0 Å². The van der Waals surface area contributed by atoms with E-state index in [1.807, 2.05) is 0 Å². The van der Waals surface area contributed by atoms with E-state index in [9.17, 15) is 0 Å². The van der Waals surface area contributed by atoms with Crippen molar-refractivity contribution < 1.29 is 0 Å². The Hall–Kier alpha value is 0.897. The highest BCUT2D eigenvalue weighted by atomic mass is 127. The molecule has 0 atom stereocenters. The molecule has 0 spiro atoms. The average molecular weight is 385 g/mol. The third-order valence-corrected chi connectivity index (χ3v) is 4.51. The van der Waals surface area contributed by atoms with E-state index in [1.54, 1.807) is 0 Å². The van der Waals surface area contributed by atoms with Gasteiger partial charge < -0.3 is 0 Å². The maximum absolute atomic E-state index is 3.47. The molecule has 0 aliphatic rings. The van der Waals surface area contributed by atoms with Gasteiger partial charge in [0.05, 0.1) is 0 Å². The van der Waals surface area contributed by atoms with E-state index in [-0.39, 0.29) is 0 Å². The Morgan fingerprint density at radius 3 is 2.45 bits per heavy atom. The molecule has 0 saturated carbocycles. The number of halogens is 2. The highest BCUT2D eigenvalue weighted by Crippen LogP contribution is 2.17. The van der Waals surface area contributed by atoms with Crippen molar-refractivity contribution in [2.45, 2.75) is 12.5 Å². The lowest BCUT2D eigenvalue weighted by Crippen LogP contribution is -1.86. The number of hydrogen-bond donors (Lipinski definition) is 0. The van der Waals surface area contributed by atoms with Crippen molar-refractivity contribution in [1.82, 2.24) is 0 Å². The SMILES string of the molecule is [Si]CCc1ccc(I)c(I)c1. The molecule has 0 heterocycles. The number of hydrogen-bond acceptors (Lipinski definition) is 0. The van der Waals surface area contributed by atoms with Gasteiger partial charge in [0.15, 0.2) is 0 Å². The molecule has 0 nitrogen and oxygen atoms in total. The summed E-state index contributed by atoms with van der Waals surface area (Å²) in [6.07, 6.45) is 1.11. The average Bonchev–Trinajstić information content (AvgIpc) is 1.98. The van der Waals surface area contributed by atoms with Gasteiger partial charge in [-0.1, -0.05) is 12.1 Å². The first kappa shape index (κ1) is 9.98. The smallest absolute Gasteiger partial charge is 0.0266 e. The van der Waals surface area contributed by atoms with E-state index in [4.69, 9.17) is 0 Å². The molecule has 0 saturated heterocycles. The van der Waals surface area contributed by atoms with Gasteiger partial charge in [0.2, 0.25) is 0 Å². The predicted molar refractivity (Wildman–Crippen MR) is 66.1 cm³/mol. The minimum Gasteiger partial charge on any atom is -0.0597 e. The third-order valence-electron chi connectivity index (χ3n) is 1.40. The summed E-state index contributed by atoms with van der Waals surface area (Å²) in [5, 5.41) is 0. The van der Waals surface area contributed by atoms with Crippen molar-refractivity contribution in [3.8, 4) is 0 Å². The zero-order chi connectivity index (χ0) is 8.27. The van der Waals surface area contributed by atoms with Gasteiger partial charge in [-0.05, 0) is 69.3 Å². The molecule has 3 radical (unpaired) electrons. The minimum atomic E-state index is 1.04. The van der Waals surface area contributed by atoms with Crippen LogP contribution in [0.15, 0.2) is 18.2 Å². The standard InChI is InChI=1S/C8H7I2Si/c9-7-2-1-6(3-4-11)5-8(7)10/h1-2,5H,3-4H2. The Bertz CT molecular complexity index is 248. The van der Waals surface area contributed by atoms with Crippen molar-refractivity contribution in [3.05, 3.63) is 30.9 Å².